The molecule has 29 heavy (non-hydrogen) atoms. The Balaban J connectivity index is 1.69. The molecular formula is C22H27N3O4. The van der Waals surface area contributed by atoms with Crippen LogP contribution in [0, 0.1) is 11.8 Å². The summed E-state index contributed by atoms with van der Waals surface area (Å²) in [4.78, 5) is 19.3. The first kappa shape index (κ1) is 21.0. The van der Waals surface area contributed by atoms with E-state index in [9.17, 15) is 9.90 Å². The third-order valence-electron chi connectivity index (χ3n) is 4.69. The summed E-state index contributed by atoms with van der Waals surface area (Å²) < 4.78 is 10.5. The number of methoxy groups -OCH3 is 1. The molecule has 1 saturated heterocycles. The fourth-order valence-corrected chi connectivity index (χ4v) is 3.23. The Hall–Kier alpha value is -2.69. The number of carbonyl (C=O) groups excluding carboxylic acids is 1. The molecule has 3 rings (SSSR count). The molecule has 0 radical (unpaired) electrons. The van der Waals surface area contributed by atoms with Crippen molar-refractivity contribution in [3.05, 3.63) is 47.1 Å². The number of carbonyl (C=O) groups is 1. The summed E-state index contributed by atoms with van der Waals surface area (Å²) in [6.07, 6.45) is 2.39. The molecule has 7 nitrogen and oxygen atoms in total. The number of piperidine rings is 1. The Morgan fingerprint density at radius 2 is 2.28 bits per heavy atom. The van der Waals surface area contributed by atoms with E-state index in [0.717, 1.165) is 12.8 Å². The number of nitrogens with zero attached hydrogens (tertiary/aromatic N) is 3. The number of likely N-dealkylation sites (tertiary alicyclic amines) is 1. The molecule has 2 aromatic rings. The van der Waals surface area contributed by atoms with Crippen molar-refractivity contribution < 1.29 is 19.2 Å². The van der Waals surface area contributed by atoms with Crippen LogP contribution in [-0.4, -0.2) is 58.5 Å². The zero-order chi connectivity index (χ0) is 20.9. The molecule has 1 aliphatic heterocycles. The van der Waals surface area contributed by atoms with Crippen molar-refractivity contribution >= 4 is 5.91 Å². The first-order valence-electron chi connectivity index (χ1n) is 9.82. The van der Waals surface area contributed by atoms with E-state index in [2.05, 4.69) is 22.0 Å². The second-order valence-electron chi connectivity index (χ2n) is 7.77. The SMILES string of the molecule is COCCc1noc(C2CCCN(C(=O)c3cccc(C#CC(C)(C)O)c3)C2)n1. The molecule has 7 heteroatoms. The highest BCUT2D eigenvalue weighted by atomic mass is 16.5. The van der Waals surface area contributed by atoms with Crippen LogP contribution >= 0.6 is 0 Å². The van der Waals surface area contributed by atoms with Crippen LogP contribution < -0.4 is 0 Å². The van der Waals surface area contributed by atoms with Crippen LogP contribution in [-0.2, 0) is 11.2 Å². The molecule has 1 amide bonds. The van der Waals surface area contributed by atoms with Crippen molar-refractivity contribution in [2.75, 3.05) is 26.8 Å². The maximum atomic E-state index is 13.0. The van der Waals surface area contributed by atoms with Gasteiger partial charge in [0.05, 0.1) is 12.5 Å². The third kappa shape index (κ3) is 5.89. The summed E-state index contributed by atoms with van der Waals surface area (Å²) >= 11 is 0. The van der Waals surface area contributed by atoms with Gasteiger partial charge in [-0.2, -0.15) is 4.98 Å². The number of aromatic nitrogens is 2. The van der Waals surface area contributed by atoms with Crippen LogP contribution in [0.25, 0.3) is 0 Å². The standard InChI is InChI=1S/C22H27N3O4/c1-22(2,27)11-9-16-6-4-7-17(14-16)21(26)25-12-5-8-18(15-25)20-23-19(24-29-20)10-13-28-3/h4,6-7,14,18,27H,5,8,10,12-13,15H2,1-3H3. The van der Waals surface area contributed by atoms with Gasteiger partial charge in [-0.05, 0) is 44.9 Å². The molecular weight excluding hydrogens is 370 g/mol. The molecule has 1 aliphatic rings. The quantitative estimate of drug-likeness (QED) is 0.780. The van der Waals surface area contributed by atoms with E-state index in [-0.39, 0.29) is 11.8 Å². The van der Waals surface area contributed by atoms with Gasteiger partial charge in [-0.25, -0.2) is 0 Å². The molecule has 1 aromatic carbocycles. The average molecular weight is 397 g/mol. The number of rotatable bonds is 5. The van der Waals surface area contributed by atoms with Gasteiger partial charge in [-0.15, -0.1) is 0 Å². The van der Waals surface area contributed by atoms with Crippen molar-refractivity contribution in [2.24, 2.45) is 0 Å². The van der Waals surface area contributed by atoms with E-state index in [0.29, 0.717) is 49.0 Å². The lowest BCUT2D eigenvalue weighted by Gasteiger charge is -2.31. The van der Waals surface area contributed by atoms with E-state index in [1.54, 1.807) is 33.1 Å². The zero-order valence-electron chi connectivity index (χ0n) is 17.1. The topological polar surface area (TPSA) is 88.7 Å². The number of aliphatic hydroxyl groups is 1. The second-order valence-corrected chi connectivity index (χ2v) is 7.77. The van der Waals surface area contributed by atoms with Gasteiger partial charge in [0.15, 0.2) is 5.82 Å². The number of benzene rings is 1. The Bertz CT molecular complexity index is 905. The van der Waals surface area contributed by atoms with Gasteiger partial charge in [-0.3, -0.25) is 4.79 Å². The number of hydrogen-bond donors (Lipinski definition) is 1. The Labute approximate surface area is 171 Å². The Morgan fingerprint density at radius 3 is 3.03 bits per heavy atom. The Morgan fingerprint density at radius 1 is 1.45 bits per heavy atom. The maximum absolute atomic E-state index is 13.0. The van der Waals surface area contributed by atoms with Crippen molar-refractivity contribution in [3.8, 4) is 11.8 Å². The molecule has 0 aliphatic carbocycles. The molecule has 1 N–H and O–H groups in total. The smallest absolute Gasteiger partial charge is 0.253 e. The first-order valence-corrected chi connectivity index (χ1v) is 9.82. The van der Waals surface area contributed by atoms with E-state index < -0.39 is 5.60 Å². The van der Waals surface area contributed by atoms with Crippen molar-refractivity contribution in [3.63, 3.8) is 0 Å². The lowest BCUT2D eigenvalue weighted by atomic mass is 9.97. The number of amides is 1. The lowest BCUT2D eigenvalue weighted by Crippen LogP contribution is -2.39. The summed E-state index contributed by atoms with van der Waals surface area (Å²) in [6, 6.07) is 7.19. The van der Waals surface area contributed by atoms with Gasteiger partial charge >= 0.3 is 0 Å². The molecule has 0 saturated carbocycles. The van der Waals surface area contributed by atoms with Crippen LogP contribution in [0.4, 0.5) is 0 Å². The van der Waals surface area contributed by atoms with E-state index in [4.69, 9.17) is 9.26 Å². The molecule has 1 fully saturated rings. The van der Waals surface area contributed by atoms with Crippen LogP contribution in [0.15, 0.2) is 28.8 Å². The predicted molar refractivity (Wildman–Crippen MR) is 107 cm³/mol. The van der Waals surface area contributed by atoms with Crippen molar-refractivity contribution in [1.29, 1.82) is 0 Å². The summed E-state index contributed by atoms with van der Waals surface area (Å²) in [6.45, 7) is 5.03. The minimum absolute atomic E-state index is 0.0367. The van der Waals surface area contributed by atoms with Crippen LogP contribution in [0.5, 0.6) is 0 Å². The highest BCUT2D eigenvalue weighted by Crippen LogP contribution is 2.27. The minimum atomic E-state index is -1.08. The third-order valence-corrected chi connectivity index (χ3v) is 4.69. The highest BCUT2D eigenvalue weighted by Gasteiger charge is 2.29. The highest BCUT2D eigenvalue weighted by molar-refractivity contribution is 5.94. The molecule has 0 bridgehead atoms. The number of ether oxygens (including phenoxy) is 1. The van der Waals surface area contributed by atoms with Crippen molar-refractivity contribution in [1.82, 2.24) is 15.0 Å². The normalized spacial score (nSPS) is 17.0. The van der Waals surface area contributed by atoms with E-state index >= 15 is 0 Å². The monoisotopic (exact) mass is 397 g/mol. The summed E-state index contributed by atoms with van der Waals surface area (Å²) in [5.41, 5.74) is 0.206. The molecule has 1 unspecified atom stereocenters. The molecule has 1 atom stereocenters. The van der Waals surface area contributed by atoms with Crippen LogP contribution in [0.2, 0.25) is 0 Å². The lowest BCUT2D eigenvalue weighted by molar-refractivity contribution is 0.0695. The van der Waals surface area contributed by atoms with Gasteiger partial charge in [0.25, 0.3) is 5.91 Å². The molecule has 1 aromatic heterocycles. The van der Waals surface area contributed by atoms with Gasteiger partial charge in [0.1, 0.15) is 5.60 Å². The molecule has 154 valence electrons. The molecule has 2 heterocycles. The first-order chi connectivity index (χ1) is 13.9. The van der Waals surface area contributed by atoms with Crippen LogP contribution in [0.3, 0.4) is 0 Å². The summed E-state index contributed by atoms with van der Waals surface area (Å²) in [5.74, 6) is 6.90. The summed E-state index contributed by atoms with van der Waals surface area (Å²) in [7, 11) is 1.64. The second kappa shape index (κ2) is 9.21. The fourth-order valence-electron chi connectivity index (χ4n) is 3.23. The fraction of sp³-hybridized carbons (Fsp3) is 0.500. The Kier molecular flexibility index (Phi) is 6.68. The van der Waals surface area contributed by atoms with Gasteiger partial charge in [0, 0.05) is 37.7 Å². The minimum Gasteiger partial charge on any atom is -0.384 e. The average Bonchev–Trinajstić information content (AvgIpc) is 3.19. The van der Waals surface area contributed by atoms with Crippen LogP contribution in [0.1, 0.15) is 60.2 Å². The summed E-state index contributed by atoms with van der Waals surface area (Å²) in [5, 5.41) is 13.8. The van der Waals surface area contributed by atoms with Gasteiger partial charge < -0.3 is 19.3 Å². The van der Waals surface area contributed by atoms with E-state index in [1.165, 1.54) is 0 Å². The van der Waals surface area contributed by atoms with Crippen molar-refractivity contribution in [2.45, 2.75) is 44.6 Å². The predicted octanol–water partition coefficient (Wildman–Crippen LogP) is 2.40. The molecule has 0 spiro atoms. The zero-order valence-corrected chi connectivity index (χ0v) is 17.1. The van der Waals surface area contributed by atoms with Gasteiger partial charge in [-0.1, -0.05) is 23.1 Å². The van der Waals surface area contributed by atoms with E-state index in [1.807, 2.05) is 17.0 Å². The number of hydrogen-bond acceptors (Lipinski definition) is 6. The largest absolute Gasteiger partial charge is 0.384 e. The maximum Gasteiger partial charge on any atom is 0.253 e. The van der Waals surface area contributed by atoms with Gasteiger partial charge in [0.2, 0.25) is 5.89 Å².